The summed E-state index contributed by atoms with van der Waals surface area (Å²) in [5.74, 6) is 0.0438. The molecule has 0 bridgehead atoms. The van der Waals surface area contributed by atoms with Crippen molar-refractivity contribution < 1.29 is 4.79 Å². The smallest absolute Gasteiger partial charge is 0.251 e. The summed E-state index contributed by atoms with van der Waals surface area (Å²) in [7, 11) is 0. The van der Waals surface area contributed by atoms with Crippen molar-refractivity contribution in [3.63, 3.8) is 0 Å². The fraction of sp³-hybridized carbons (Fsp3) is 0.533. The second kappa shape index (κ2) is 5.53. The SMILES string of the molecule is Cc1cc(C)cc(C(=O)NC2CCC(N)CC2)c1. The monoisotopic (exact) mass is 246 g/mol. The lowest BCUT2D eigenvalue weighted by Gasteiger charge is -2.26. The van der Waals surface area contributed by atoms with Gasteiger partial charge in [0.25, 0.3) is 5.91 Å². The molecule has 0 radical (unpaired) electrons. The molecule has 3 heteroatoms. The molecule has 1 fully saturated rings. The molecule has 3 N–H and O–H groups in total. The minimum absolute atomic E-state index is 0.0438. The van der Waals surface area contributed by atoms with Crippen LogP contribution in [0.5, 0.6) is 0 Å². The van der Waals surface area contributed by atoms with Crippen LogP contribution in [0, 0.1) is 13.8 Å². The maximum Gasteiger partial charge on any atom is 0.251 e. The fourth-order valence-electron chi connectivity index (χ4n) is 2.64. The lowest BCUT2D eigenvalue weighted by atomic mass is 9.91. The first-order chi connectivity index (χ1) is 8.54. The Hall–Kier alpha value is -1.35. The first-order valence-corrected chi connectivity index (χ1v) is 6.69. The Balaban J connectivity index is 1.99. The highest BCUT2D eigenvalue weighted by atomic mass is 16.1. The van der Waals surface area contributed by atoms with Crippen LogP contribution in [0.4, 0.5) is 0 Å². The van der Waals surface area contributed by atoms with E-state index in [1.807, 2.05) is 26.0 Å². The van der Waals surface area contributed by atoms with Crippen LogP contribution in [0.2, 0.25) is 0 Å². The summed E-state index contributed by atoms with van der Waals surface area (Å²) in [5, 5.41) is 3.12. The van der Waals surface area contributed by atoms with Gasteiger partial charge in [-0.2, -0.15) is 0 Å². The first kappa shape index (κ1) is 13.1. The highest BCUT2D eigenvalue weighted by Crippen LogP contribution is 2.18. The fourth-order valence-corrected chi connectivity index (χ4v) is 2.64. The molecular weight excluding hydrogens is 224 g/mol. The molecule has 1 saturated carbocycles. The molecule has 0 heterocycles. The van der Waals surface area contributed by atoms with Gasteiger partial charge in [-0.15, -0.1) is 0 Å². The van der Waals surface area contributed by atoms with Crippen molar-refractivity contribution in [1.29, 1.82) is 0 Å². The largest absolute Gasteiger partial charge is 0.349 e. The summed E-state index contributed by atoms with van der Waals surface area (Å²) in [6.07, 6.45) is 4.02. The second-order valence-corrected chi connectivity index (χ2v) is 5.46. The van der Waals surface area contributed by atoms with E-state index < -0.39 is 0 Å². The van der Waals surface area contributed by atoms with Gasteiger partial charge in [-0.05, 0) is 51.7 Å². The number of carbonyl (C=O) groups excluding carboxylic acids is 1. The van der Waals surface area contributed by atoms with Gasteiger partial charge in [0.05, 0.1) is 0 Å². The maximum atomic E-state index is 12.2. The van der Waals surface area contributed by atoms with Crippen LogP contribution in [0.25, 0.3) is 0 Å². The van der Waals surface area contributed by atoms with E-state index in [1.165, 1.54) is 0 Å². The minimum Gasteiger partial charge on any atom is -0.349 e. The van der Waals surface area contributed by atoms with Crippen molar-refractivity contribution in [2.45, 2.75) is 51.6 Å². The van der Waals surface area contributed by atoms with Crippen molar-refractivity contribution in [1.82, 2.24) is 5.32 Å². The van der Waals surface area contributed by atoms with Crippen LogP contribution in [0.1, 0.15) is 47.2 Å². The van der Waals surface area contributed by atoms with Crippen LogP contribution in [0.15, 0.2) is 18.2 Å². The highest BCUT2D eigenvalue weighted by molar-refractivity contribution is 5.94. The van der Waals surface area contributed by atoms with E-state index in [4.69, 9.17) is 5.73 Å². The molecule has 0 atom stereocenters. The summed E-state index contributed by atoms with van der Waals surface area (Å²) in [5.41, 5.74) is 8.89. The molecule has 0 aromatic heterocycles. The van der Waals surface area contributed by atoms with Gasteiger partial charge in [0.2, 0.25) is 0 Å². The van der Waals surface area contributed by atoms with E-state index in [2.05, 4.69) is 11.4 Å². The third-order valence-corrected chi connectivity index (χ3v) is 3.59. The van der Waals surface area contributed by atoms with Crippen molar-refractivity contribution >= 4 is 5.91 Å². The Labute approximate surface area is 109 Å². The van der Waals surface area contributed by atoms with Gasteiger partial charge in [0.15, 0.2) is 0 Å². The molecule has 2 rings (SSSR count). The predicted octanol–water partition coefficient (Wildman–Crippen LogP) is 2.30. The Morgan fingerprint density at radius 2 is 1.67 bits per heavy atom. The molecule has 1 aliphatic carbocycles. The lowest BCUT2D eigenvalue weighted by molar-refractivity contribution is 0.0925. The predicted molar refractivity (Wildman–Crippen MR) is 73.6 cm³/mol. The molecule has 18 heavy (non-hydrogen) atoms. The zero-order valence-corrected chi connectivity index (χ0v) is 11.2. The number of benzene rings is 1. The van der Waals surface area contributed by atoms with Crippen molar-refractivity contribution in [2.75, 3.05) is 0 Å². The van der Waals surface area contributed by atoms with Gasteiger partial charge >= 0.3 is 0 Å². The number of hydrogen-bond acceptors (Lipinski definition) is 2. The average Bonchev–Trinajstić information content (AvgIpc) is 2.31. The van der Waals surface area contributed by atoms with Crippen LogP contribution >= 0.6 is 0 Å². The molecule has 3 nitrogen and oxygen atoms in total. The highest BCUT2D eigenvalue weighted by Gasteiger charge is 2.20. The zero-order valence-electron chi connectivity index (χ0n) is 11.2. The standard InChI is InChI=1S/C15H22N2O/c1-10-7-11(2)9-12(8-10)15(18)17-14-5-3-13(16)4-6-14/h7-9,13-14H,3-6,16H2,1-2H3,(H,17,18). The van der Waals surface area contributed by atoms with Gasteiger partial charge in [-0.1, -0.05) is 17.2 Å². The molecule has 0 aliphatic heterocycles. The molecule has 98 valence electrons. The summed E-state index contributed by atoms with van der Waals surface area (Å²) in [6.45, 7) is 4.03. The molecular formula is C15H22N2O. The molecule has 1 aromatic carbocycles. The van der Waals surface area contributed by atoms with Gasteiger partial charge in [-0.25, -0.2) is 0 Å². The minimum atomic E-state index is 0.0438. The summed E-state index contributed by atoms with van der Waals surface area (Å²) < 4.78 is 0. The lowest BCUT2D eigenvalue weighted by Crippen LogP contribution is -2.40. The van der Waals surface area contributed by atoms with E-state index >= 15 is 0 Å². The topological polar surface area (TPSA) is 55.1 Å². The Bertz CT molecular complexity index is 414. The zero-order chi connectivity index (χ0) is 13.1. The number of rotatable bonds is 2. The van der Waals surface area contributed by atoms with Crippen molar-refractivity contribution in [3.05, 3.63) is 34.9 Å². The Kier molecular flexibility index (Phi) is 4.02. The van der Waals surface area contributed by atoms with Crippen LogP contribution in [0.3, 0.4) is 0 Å². The molecule has 0 spiro atoms. The van der Waals surface area contributed by atoms with E-state index in [1.54, 1.807) is 0 Å². The molecule has 0 unspecified atom stereocenters. The summed E-state index contributed by atoms with van der Waals surface area (Å²) in [4.78, 5) is 12.2. The van der Waals surface area contributed by atoms with E-state index in [0.717, 1.165) is 42.4 Å². The number of nitrogens with one attached hydrogen (secondary N) is 1. The van der Waals surface area contributed by atoms with Crippen molar-refractivity contribution in [3.8, 4) is 0 Å². The number of nitrogens with two attached hydrogens (primary N) is 1. The van der Waals surface area contributed by atoms with Gasteiger partial charge in [-0.3, -0.25) is 4.79 Å². The first-order valence-electron chi connectivity index (χ1n) is 6.69. The Morgan fingerprint density at radius 1 is 1.11 bits per heavy atom. The van der Waals surface area contributed by atoms with Crippen LogP contribution in [-0.2, 0) is 0 Å². The summed E-state index contributed by atoms with van der Waals surface area (Å²) in [6, 6.07) is 6.57. The third-order valence-electron chi connectivity index (χ3n) is 3.59. The van der Waals surface area contributed by atoms with Crippen LogP contribution in [-0.4, -0.2) is 18.0 Å². The number of hydrogen-bond donors (Lipinski definition) is 2. The Morgan fingerprint density at radius 3 is 2.22 bits per heavy atom. The molecule has 1 aliphatic rings. The number of aryl methyl sites for hydroxylation is 2. The number of carbonyl (C=O) groups is 1. The van der Waals surface area contributed by atoms with E-state index in [9.17, 15) is 4.79 Å². The third kappa shape index (κ3) is 3.33. The van der Waals surface area contributed by atoms with Gasteiger partial charge in [0, 0.05) is 17.6 Å². The van der Waals surface area contributed by atoms with E-state index in [-0.39, 0.29) is 11.9 Å². The normalized spacial score (nSPS) is 23.7. The summed E-state index contributed by atoms with van der Waals surface area (Å²) >= 11 is 0. The molecule has 1 amide bonds. The maximum absolute atomic E-state index is 12.2. The van der Waals surface area contributed by atoms with Gasteiger partial charge < -0.3 is 11.1 Å². The van der Waals surface area contributed by atoms with E-state index in [0.29, 0.717) is 6.04 Å². The second-order valence-electron chi connectivity index (χ2n) is 5.46. The molecule has 1 aromatic rings. The van der Waals surface area contributed by atoms with Crippen LogP contribution < -0.4 is 11.1 Å². The van der Waals surface area contributed by atoms with Crippen molar-refractivity contribution in [2.24, 2.45) is 5.73 Å². The van der Waals surface area contributed by atoms with Gasteiger partial charge in [0.1, 0.15) is 0 Å². The average molecular weight is 246 g/mol. The molecule has 0 saturated heterocycles. The quantitative estimate of drug-likeness (QED) is 0.841. The number of amides is 1.